The summed E-state index contributed by atoms with van der Waals surface area (Å²) in [6.45, 7) is 2.23. The fraction of sp³-hybridized carbons (Fsp3) is 0.294. The third-order valence-electron chi connectivity index (χ3n) is 4.37. The normalized spacial score (nSPS) is 16.7. The highest BCUT2D eigenvalue weighted by Crippen LogP contribution is 2.50. The highest BCUT2D eigenvalue weighted by molar-refractivity contribution is 5.92. The summed E-state index contributed by atoms with van der Waals surface area (Å²) in [6.07, 6.45) is 4.05. The van der Waals surface area contributed by atoms with Crippen LogP contribution in [-0.4, -0.2) is 0 Å². The molecule has 1 nitrogen and oxygen atoms in total. The van der Waals surface area contributed by atoms with Gasteiger partial charge in [-0.05, 0) is 42.9 Å². The van der Waals surface area contributed by atoms with Crippen molar-refractivity contribution < 1.29 is 0 Å². The predicted molar refractivity (Wildman–Crippen MR) is 74.7 cm³/mol. The van der Waals surface area contributed by atoms with Crippen LogP contribution in [0, 0.1) is 6.92 Å². The summed E-state index contributed by atoms with van der Waals surface area (Å²) < 4.78 is 0. The summed E-state index contributed by atoms with van der Waals surface area (Å²) in [5, 5.41) is 4.88. The van der Waals surface area contributed by atoms with Gasteiger partial charge in [-0.3, -0.25) is 0 Å². The second-order valence-corrected chi connectivity index (χ2v) is 5.45. The molecule has 2 aromatic rings. The lowest BCUT2D eigenvalue weighted by Crippen LogP contribution is -2.11. The molecule has 0 saturated heterocycles. The Morgan fingerprint density at radius 2 is 1.83 bits per heavy atom. The molecule has 0 unspecified atom stereocenters. The van der Waals surface area contributed by atoms with Crippen LogP contribution in [0.25, 0.3) is 11.1 Å². The molecule has 2 aliphatic rings. The molecule has 0 spiro atoms. The molecule has 1 heteroatoms. The molecular formula is C17H16N. The van der Waals surface area contributed by atoms with Crippen LogP contribution in [0.3, 0.4) is 0 Å². The Bertz CT molecular complexity index is 624. The third kappa shape index (κ3) is 1.28. The molecule has 1 radical (unpaired) electrons. The number of aryl methyl sites for hydroxylation is 1. The van der Waals surface area contributed by atoms with Crippen molar-refractivity contribution in [3.63, 3.8) is 0 Å². The summed E-state index contributed by atoms with van der Waals surface area (Å²) in [7, 11) is 0. The molecule has 1 saturated carbocycles. The number of nitrogens with zero attached hydrogens (tertiary/aromatic N) is 1. The molecule has 0 atom stereocenters. The maximum absolute atomic E-state index is 4.88. The fourth-order valence-electron chi connectivity index (χ4n) is 3.18. The van der Waals surface area contributed by atoms with Gasteiger partial charge < -0.3 is 0 Å². The second-order valence-electron chi connectivity index (χ2n) is 5.45. The standard InChI is InChI=1S/C17H16N/c1-11-9-10-14-13-7-2-3-8-15(13)18-17(14)16(11)12-5-4-6-12/h2-3,7-10,12H,4-6H2,1H3. The molecule has 0 amide bonds. The quantitative estimate of drug-likeness (QED) is 0.573. The van der Waals surface area contributed by atoms with Gasteiger partial charge in [0.2, 0.25) is 0 Å². The van der Waals surface area contributed by atoms with Crippen molar-refractivity contribution in [2.45, 2.75) is 32.1 Å². The summed E-state index contributed by atoms with van der Waals surface area (Å²) >= 11 is 0. The molecule has 2 aromatic carbocycles. The average molecular weight is 234 g/mol. The molecule has 4 rings (SSSR count). The minimum absolute atomic E-state index is 0.748. The SMILES string of the molecule is Cc1ccc2c(c1C1CCC1)[N]c1ccccc1-2. The molecule has 1 fully saturated rings. The highest BCUT2D eigenvalue weighted by Gasteiger charge is 2.29. The van der Waals surface area contributed by atoms with Crippen molar-refractivity contribution in [1.29, 1.82) is 0 Å². The largest absolute Gasteiger partial charge is 0.247 e. The molecule has 1 aliphatic carbocycles. The first-order valence-corrected chi connectivity index (χ1v) is 6.79. The lowest BCUT2D eigenvalue weighted by Gasteiger charge is -2.29. The monoisotopic (exact) mass is 234 g/mol. The van der Waals surface area contributed by atoms with Crippen LogP contribution in [0.15, 0.2) is 36.4 Å². The van der Waals surface area contributed by atoms with Crippen LogP contribution < -0.4 is 5.32 Å². The number of rotatable bonds is 1. The van der Waals surface area contributed by atoms with E-state index < -0.39 is 0 Å². The Morgan fingerprint density at radius 1 is 1.00 bits per heavy atom. The summed E-state index contributed by atoms with van der Waals surface area (Å²) in [5.74, 6) is 0.748. The van der Waals surface area contributed by atoms with Gasteiger partial charge in [-0.2, -0.15) is 0 Å². The zero-order chi connectivity index (χ0) is 12.1. The van der Waals surface area contributed by atoms with Gasteiger partial charge in [-0.25, -0.2) is 5.32 Å². The van der Waals surface area contributed by atoms with E-state index in [1.165, 1.54) is 47.2 Å². The zero-order valence-corrected chi connectivity index (χ0v) is 10.6. The summed E-state index contributed by atoms with van der Waals surface area (Å²) in [6, 6.07) is 13.0. The Labute approximate surface area is 108 Å². The summed E-state index contributed by atoms with van der Waals surface area (Å²) in [5.41, 5.74) is 7.94. The van der Waals surface area contributed by atoms with Crippen molar-refractivity contribution in [1.82, 2.24) is 5.32 Å². The van der Waals surface area contributed by atoms with Crippen LogP contribution in [0.1, 0.15) is 36.3 Å². The topological polar surface area (TPSA) is 14.1 Å². The summed E-state index contributed by atoms with van der Waals surface area (Å²) in [4.78, 5) is 0. The Balaban J connectivity index is 1.93. The van der Waals surface area contributed by atoms with Crippen molar-refractivity contribution in [3.05, 3.63) is 47.5 Å². The van der Waals surface area contributed by atoms with Crippen molar-refractivity contribution in [3.8, 4) is 11.1 Å². The first-order chi connectivity index (χ1) is 8.84. The Hall–Kier alpha value is -1.76. The van der Waals surface area contributed by atoms with Crippen LogP contribution in [-0.2, 0) is 0 Å². The van der Waals surface area contributed by atoms with E-state index in [9.17, 15) is 0 Å². The third-order valence-corrected chi connectivity index (χ3v) is 4.37. The van der Waals surface area contributed by atoms with E-state index in [2.05, 4.69) is 43.3 Å². The number of hydrogen-bond acceptors (Lipinski definition) is 0. The minimum atomic E-state index is 0.748. The van der Waals surface area contributed by atoms with Gasteiger partial charge in [0.05, 0.1) is 11.4 Å². The maximum atomic E-state index is 4.88. The lowest BCUT2D eigenvalue weighted by atomic mass is 9.77. The molecule has 89 valence electrons. The minimum Gasteiger partial charge on any atom is -0.247 e. The van der Waals surface area contributed by atoms with Gasteiger partial charge in [-0.15, -0.1) is 0 Å². The molecule has 0 bridgehead atoms. The van der Waals surface area contributed by atoms with Gasteiger partial charge >= 0.3 is 0 Å². The zero-order valence-electron chi connectivity index (χ0n) is 10.6. The number of fused-ring (bicyclic) bond motifs is 3. The van der Waals surface area contributed by atoms with Gasteiger partial charge in [0.1, 0.15) is 0 Å². The lowest BCUT2D eigenvalue weighted by molar-refractivity contribution is 0.418. The van der Waals surface area contributed by atoms with Gasteiger partial charge in [0.15, 0.2) is 0 Å². The smallest absolute Gasteiger partial charge is 0.0753 e. The van der Waals surface area contributed by atoms with Crippen molar-refractivity contribution in [2.75, 3.05) is 0 Å². The average Bonchev–Trinajstić information content (AvgIpc) is 2.69. The van der Waals surface area contributed by atoms with Crippen LogP contribution in [0.4, 0.5) is 11.4 Å². The molecule has 1 aliphatic heterocycles. The molecule has 18 heavy (non-hydrogen) atoms. The van der Waals surface area contributed by atoms with Crippen molar-refractivity contribution in [2.24, 2.45) is 0 Å². The van der Waals surface area contributed by atoms with E-state index >= 15 is 0 Å². The number of benzene rings is 2. The van der Waals surface area contributed by atoms with E-state index in [1.807, 2.05) is 0 Å². The van der Waals surface area contributed by atoms with Crippen LogP contribution in [0.5, 0.6) is 0 Å². The molecule has 1 heterocycles. The predicted octanol–water partition coefficient (Wildman–Crippen LogP) is 4.81. The Morgan fingerprint density at radius 3 is 2.61 bits per heavy atom. The first kappa shape index (κ1) is 10.2. The second kappa shape index (κ2) is 3.61. The maximum Gasteiger partial charge on any atom is 0.0753 e. The van der Waals surface area contributed by atoms with E-state index in [1.54, 1.807) is 0 Å². The van der Waals surface area contributed by atoms with Crippen molar-refractivity contribution >= 4 is 11.4 Å². The van der Waals surface area contributed by atoms with Crippen LogP contribution >= 0.6 is 0 Å². The van der Waals surface area contributed by atoms with E-state index in [0.29, 0.717) is 0 Å². The number of hydrogen-bond donors (Lipinski definition) is 0. The van der Waals surface area contributed by atoms with Crippen LogP contribution in [0.2, 0.25) is 0 Å². The highest BCUT2D eigenvalue weighted by atomic mass is 14.9. The van der Waals surface area contributed by atoms with Gasteiger partial charge in [0, 0.05) is 11.1 Å². The molecule has 0 aromatic heterocycles. The molecule has 0 N–H and O–H groups in total. The van der Waals surface area contributed by atoms with Gasteiger partial charge in [0.25, 0.3) is 0 Å². The fourth-order valence-corrected chi connectivity index (χ4v) is 3.18. The molecular weight excluding hydrogens is 218 g/mol. The number of para-hydroxylation sites is 1. The van der Waals surface area contributed by atoms with E-state index in [-0.39, 0.29) is 0 Å². The van der Waals surface area contributed by atoms with E-state index in [0.717, 1.165) is 11.6 Å². The van der Waals surface area contributed by atoms with E-state index in [4.69, 9.17) is 5.32 Å². The Kier molecular flexibility index (Phi) is 2.05. The van der Waals surface area contributed by atoms with Gasteiger partial charge in [-0.1, -0.05) is 36.8 Å². The first-order valence-electron chi connectivity index (χ1n) is 6.79.